The van der Waals surface area contributed by atoms with Crippen molar-refractivity contribution in [2.24, 2.45) is 7.05 Å². The van der Waals surface area contributed by atoms with Crippen molar-refractivity contribution in [1.82, 2.24) is 25.2 Å². The number of nitrogens with one attached hydrogen (secondary N) is 1. The highest BCUT2D eigenvalue weighted by Crippen LogP contribution is 2.17. The van der Waals surface area contributed by atoms with Crippen LogP contribution in [0.5, 0.6) is 0 Å². The van der Waals surface area contributed by atoms with E-state index < -0.39 is 0 Å². The van der Waals surface area contributed by atoms with Gasteiger partial charge in [0.15, 0.2) is 5.82 Å². The predicted molar refractivity (Wildman–Crippen MR) is 58.6 cm³/mol. The fourth-order valence-corrected chi connectivity index (χ4v) is 1.48. The van der Waals surface area contributed by atoms with Gasteiger partial charge in [-0.1, -0.05) is 12.1 Å². The van der Waals surface area contributed by atoms with Gasteiger partial charge >= 0.3 is 0 Å². The van der Waals surface area contributed by atoms with Gasteiger partial charge in [0.05, 0.1) is 12.2 Å². The van der Waals surface area contributed by atoms with Gasteiger partial charge in [0.1, 0.15) is 5.69 Å². The van der Waals surface area contributed by atoms with Crippen LogP contribution in [0.15, 0.2) is 10.6 Å². The molecule has 2 heterocycles. The van der Waals surface area contributed by atoms with Crippen LogP contribution in [0.3, 0.4) is 0 Å². The van der Waals surface area contributed by atoms with Crippen LogP contribution in [0.1, 0.15) is 18.4 Å². The van der Waals surface area contributed by atoms with Crippen LogP contribution in [0, 0.1) is 6.92 Å². The van der Waals surface area contributed by atoms with Gasteiger partial charge in [0, 0.05) is 7.05 Å². The van der Waals surface area contributed by atoms with E-state index in [1.54, 1.807) is 4.68 Å². The molecule has 0 aliphatic rings. The van der Waals surface area contributed by atoms with Gasteiger partial charge in [-0.2, -0.15) is 10.1 Å². The van der Waals surface area contributed by atoms with Crippen molar-refractivity contribution >= 4 is 0 Å². The SMILES string of the molecule is CCNCc1noc(-c2cc(C)nn2C)n1. The summed E-state index contributed by atoms with van der Waals surface area (Å²) in [5.74, 6) is 1.17. The second-order valence-electron chi connectivity index (χ2n) is 3.59. The van der Waals surface area contributed by atoms with Gasteiger partial charge in [-0.3, -0.25) is 4.68 Å². The molecule has 0 saturated carbocycles. The van der Waals surface area contributed by atoms with Gasteiger partial charge in [0.2, 0.25) is 0 Å². The number of aromatic nitrogens is 4. The fraction of sp³-hybridized carbons (Fsp3) is 0.500. The third-order valence-electron chi connectivity index (χ3n) is 2.22. The Balaban J connectivity index is 2.21. The Labute approximate surface area is 93.7 Å². The second kappa shape index (κ2) is 4.44. The highest BCUT2D eigenvalue weighted by Gasteiger charge is 2.12. The molecular weight excluding hydrogens is 206 g/mol. The molecule has 1 N–H and O–H groups in total. The van der Waals surface area contributed by atoms with Crippen molar-refractivity contribution in [3.8, 4) is 11.6 Å². The first-order valence-corrected chi connectivity index (χ1v) is 5.25. The van der Waals surface area contributed by atoms with E-state index >= 15 is 0 Å². The van der Waals surface area contributed by atoms with Crippen LogP contribution < -0.4 is 5.32 Å². The normalized spacial score (nSPS) is 10.9. The first-order valence-electron chi connectivity index (χ1n) is 5.25. The molecule has 2 rings (SSSR count). The second-order valence-corrected chi connectivity index (χ2v) is 3.59. The van der Waals surface area contributed by atoms with E-state index in [9.17, 15) is 0 Å². The van der Waals surface area contributed by atoms with Crippen molar-refractivity contribution in [2.75, 3.05) is 6.54 Å². The number of nitrogens with zero attached hydrogens (tertiary/aromatic N) is 4. The Morgan fingerprint density at radius 1 is 1.50 bits per heavy atom. The molecule has 2 aromatic rings. The Morgan fingerprint density at radius 3 is 2.94 bits per heavy atom. The summed E-state index contributed by atoms with van der Waals surface area (Å²) in [4.78, 5) is 4.29. The molecule has 0 amide bonds. The van der Waals surface area contributed by atoms with Gasteiger partial charge in [-0.15, -0.1) is 0 Å². The number of hydrogen-bond donors (Lipinski definition) is 1. The van der Waals surface area contributed by atoms with Crippen LogP contribution in [-0.2, 0) is 13.6 Å². The molecule has 6 heteroatoms. The highest BCUT2D eigenvalue weighted by atomic mass is 16.5. The quantitative estimate of drug-likeness (QED) is 0.830. The minimum atomic E-state index is 0.510. The fourth-order valence-electron chi connectivity index (χ4n) is 1.48. The van der Waals surface area contributed by atoms with E-state index in [1.807, 2.05) is 27.0 Å². The summed E-state index contributed by atoms with van der Waals surface area (Å²) in [6.45, 7) is 5.47. The molecule has 16 heavy (non-hydrogen) atoms. The van der Waals surface area contributed by atoms with E-state index in [0.29, 0.717) is 18.3 Å². The lowest BCUT2D eigenvalue weighted by atomic mass is 10.4. The number of rotatable bonds is 4. The Kier molecular flexibility index (Phi) is 3.00. The maximum atomic E-state index is 5.18. The first-order chi connectivity index (χ1) is 7.70. The molecule has 0 aliphatic carbocycles. The molecule has 0 radical (unpaired) electrons. The van der Waals surface area contributed by atoms with Gasteiger partial charge in [-0.05, 0) is 19.5 Å². The Morgan fingerprint density at radius 2 is 2.31 bits per heavy atom. The van der Waals surface area contributed by atoms with Crippen LogP contribution >= 0.6 is 0 Å². The zero-order chi connectivity index (χ0) is 11.5. The van der Waals surface area contributed by atoms with Crippen molar-refractivity contribution in [3.63, 3.8) is 0 Å². The third kappa shape index (κ3) is 2.11. The summed E-state index contributed by atoms with van der Waals surface area (Å²) in [6.07, 6.45) is 0. The smallest absolute Gasteiger partial charge is 0.276 e. The molecule has 86 valence electrons. The van der Waals surface area contributed by atoms with Crippen LogP contribution in [0.25, 0.3) is 11.6 Å². The first kappa shape index (κ1) is 10.8. The maximum absolute atomic E-state index is 5.18. The lowest BCUT2D eigenvalue weighted by Gasteiger charge is -1.93. The minimum Gasteiger partial charge on any atom is -0.332 e. The summed E-state index contributed by atoms with van der Waals surface area (Å²) in [6, 6.07) is 1.92. The average Bonchev–Trinajstić information content (AvgIpc) is 2.82. The largest absolute Gasteiger partial charge is 0.332 e. The molecule has 0 aliphatic heterocycles. The van der Waals surface area contributed by atoms with Crippen molar-refractivity contribution in [3.05, 3.63) is 17.6 Å². The van der Waals surface area contributed by atoms with Crippen molar-refractivity contribution in [2.45, 2.75) is 20.4 Å². The van der Waals surface area contributed by atoms with Crippen molar-refractivity contribution in [1.29, 1.82) is 0 Å². The summed E-state index contributed by atoms with van der Waals surface area (Å²) in [5.41, 5.74) is 1.77. The predicted octanol–water partition coefficient (Wildman–Crippen LogP) is 0.888. The summed E-state index contributed by atoms with van der Waals surface area (Å²) >= 11 is 0. The number of aryl methyl sites for hydroxylation is 2. The molecule has 0 atom stereocenters. The van der Waals surface area contributed by atoms with E-state index in [-0.39, 0.29) is 0 Å². The third-order valence-corrected chi connectivity index (χ3v) is 2.22. The molecule has 0 bridgehead atoms. The minimum absolute atomic E-state index is 0.510. The molecule has 0 saturated heterocycles. The molecule has 6 nitrogen and oxygen atoms in total. The summed E-state index contributed by atoms with van der Waals surface area (Å²) in [7, 11) is 1.86. The average molecular weight is 221 g/mol. The zero-order valence-corrected chi connectivity index (χ0v) is 9.69. The van der Waals surface area contributed by atoms with Crippen LogP contribution in [0.4, 0.5) is 0 Å². The lowest BCUT2D eigenvalue weighted by Crippen LogP contribution is -2.12. The molecule has 0 fully saturated rings. The van der Waals surface area contributed by atoms with Crippen LogP contribution in [-0.4, -0.2) is 26.5 Å². The maximum Gasteiger partial charge on any atom is 0.276 e. The summed E-state index contributed by atoms with van der Waals surface area (Å²) in [5, 5.41) is 11.3. The standard InChI is InChI=1S/C10H15N5O/c1-4-11-6-9-12-10(16-14-9)8-5-7(2)13-15(8)3/h5,11H,4,6H2,1-3H3. The molecule has 0 spiro atoms. The summed E-state index contributed by atoms with van der Waals surface area (Å²) < 4.78 is 6.92. The van der Waals surface area contributed by atoms with E-state index in [4.69, 9.17) is 4.52 Å². The number of hydrogen-bond acceptors (Lipinski definition) is 5. The molecular formula is C10H15N5O. The zero-order valence-electron chi connectivity index (χ0n) is 9.69. The van der Waals surface area contributed by atoms with Gasteiger partial charge < -0.3 is 9.84 Å². The monoisotopic (exact) mass is 221 g/mol. The Bertz CT molecular complexity index is 473. The van der Waals surface area contributed by atoms with Gasteiger partial charge in [0.25, 0.3) is 5.89 Å². The van der Waals surface area contributed by atoms with E-state index in [0.717, 1.165) is 17.9 Å². The molecule has 0 unspecified atom stereocenters. The van der Waals surface area contributed by atoms with Crippen molar-refractivity contribution < 1.29 is 4.52 Å². The molecule has 0 aromatic carbocycles. The highest BCUT2D eigenvalue weighted by molar-refractivity contribution is 5.47. The molecule has 2 aromatic heterocycles. The van der Waals surface area contributed by atoms with E-state index in [1.165, 1.54) is 0 Å². The Hall–Kier alpha value is -1.69. The lowest BCUT2D eigenvalue weighted by molar-refractivity contribution is 0.416. The topological polar surface area (TPSA) is 68.8 Å². The van der Waals surface area contributed by atoms with Crippen LogP contribution in [0.2, 0.25) is 0 Å². The van der Waals surface area contributed by atoms with E-state index in [2.05, 4.69) is 20.6 Å². The van der Waals surface area contributed by atoms with Gasteiger partial charge in [-0.25, -0.2) is 0 Å².